The Hall–Kier alpha value is -3.61. The molecule has 4 amide bonds. The molecule has 1 aromatic heterocycles. The van der Waals surface area contributed by atoms with Crippen molar-refractivity contribution in [1.82, 2.24) is 15.2 Å². The van der Waals surface area contributed by atoms with Gasteiger partial charge in [-0.2, -0.15) is 0 Å². The number of carbonyl (C=O) groups is 3. The van der Waals surface area contributed by atoms with Gasteiger partial charge in [0.25, 0.3) is 11.8 Å². The Bertz CT molecular complexity index is 1270. The van der Waals surface area contributed by atoms with Crippen LogP contribution < -0.4 is 10.2 Å². The van der Waals surface area contributed by atoms with Gasteiger partial charge in [0.1, 0.15) is 0 Å². The highest BCUT2D eigenvalue weighted by Crippen LogP contribution is 2.45. The van der Waals surface area contributed by atoms with E-state index in [1.807, 2.05) is 24.3 Å². The van der Waals surface area contributed by atoms with Crippen LogP contribution in [0.15, 0.2) is 48.5 Å². The number of nitrogens with zero attached hydrogens (tertiary/aromatic N) is 2. The number of hydrogen-bond acceptors (Lipinski definition) is 3. The SMILES string of the molecule is C[C@]12C(=O)N(c3ccccc3C(=O)NC3CC3)C(=O)N1CCc1c2[nH]c2ccccc12. The lowest BCUT2D eigenvalue weighted by Gasteiger charge is -2.35. The third kappa shape index (κ3) is 2.43. The Kier molecular flexibility index (Phi) is 3.64. The number of aromatic amines is 1. The monoisotopic (exact) mass is 414 g/mol. The zero-order chi connectivity index (χ0) is 21.3. The van der Waals surface area contributed by atoms with Gasteiger partial charge in [-0.3, -0.25) is 9.59 Å². The van der Waals surface area contributed by atoms with E-state index in [1.165, 1.54) is 4.90 Å². The van der Waals surface area contributed by atoms with E-state index in [4.69, 9.17) is 0 Å². The zero-order valence-electron chi connectivity index (χ0n) is 17.1. The van der Waals surface area contributed by atoms with Gasteiger partial charge in [-0.15, -0.1) is 0 Å². The number of para-hydroxylation sites is 2. The number of urea groups is 1. The molecule has 6 rings (SSSR count). The topological polar surface area (TPSA) is 85.5 Å². The lowest BCUT2D eigenvalue weighted by Crippen LogP contribution is -2.49. The van der Waals surface area contributed by atoms with Crippen LogP contribution in [0.25, 0.3) is 10.9 Å². The van der Waals surface area contributed by atoms with Crippen molar-refractivity contribution < 1.29 is 14.4 Å². The van der Waals surface area contributed by atoms with Crippen LogP contribution in [0.5, 0.6) is 0 Å². The van der Waals surface area contributed by atoms with E-state index in [2.05, 4.69) is 10.3 Å². The van der Waals surface area contributed by atoms with Crippen LogP contribution in [0.2, 0.25) is 0 Å². The third-order valence-electron chi connectivity index (χ3n) is 6.77. The molecule has 3 aromatic rings. The first-order valence-corrected chi connectivity index (χ1v) is 10.7. The van der Waals surface area contributed by atoms with Crippen LogP contribution in [0, 0.1) is 0 Å². The second-order valence-corrected chi connectivity index (χ2v) is 8.69. The fraction of sp³-hybridized carbons (Fsp3) is 0.292. The Morgan fingerprint density at radius 1 is 1.10 bits per heavy atom. The zero-order valence-corrected chi connectivity index (χ0v) is 17.1. The minimum absolute atomic E-state index is 0.184. The molecular weight excluding hydrogens is 392 g/mol. The fourth-order valence-corrected chi connectivity index (χ4v) is 4.96. The van der Waals surface area contributed by atoms with Gasteiger partial charge in [0.05, 0.1) is 16.9 Å². The number of fused-ring (bicyclic) bond motifs is 5. The molecule has 1 saturated carbocycles. The first-order valence-electron chi connectivity index (χ1n) is 10.7. The normalized spacial score (nSPS) is 22.6. The van der Waals surface area contributed by atoms with Gasteiger partial charge in [0.15, 0.2) is 5.54 Å². The van der Waals surface area contributed by atoms with Crippen molar-refractivity contribution in [1.29, 1.82) is 0 Å². The summed E-state index contributed by atoms with van der Waals surface area (Å²) in [6, 6.07) is 14.6. The summed E-state index contributed by atoms with van der Waals surface area (Å²) in [5.74, 6) is -0.586. The van der Waals surface area contributed by atoms with E-state index in [0.717, 1.165) is 35.0 Å². The molecule has 1 atom stereocenters. The van der Waals surface area contributed by atoms with E-state index in [9.17, 15) is 14.4 Å². The average molecular weight is 414 g/mol. The molecule has 0 unspecified atom stereocenters. The Morgan fingerprint density at radius 2 is 1.84 bits per heavy atom. The molecule has 0 radical (unpaired) electrons. The van der Waals surface area contributed by atoms with Gasteiger partial charge in [-0.1, -0.05) is 30.3 Å². The van der Waals surface area contributed by atoms with Crippen molar-refractivity contribution in [2.24, 2.45) is 0 Å². The van der Waals surface area contributed by atoms with Gasteiger partial charge in [-0.25, -0.2) is 9.69 Å². The van der Waals surface area contributed by atoms with E-state index in [-0.39, 0.29) is 23.9 Å². The summed E-state index contributed by atoms with van der Waals surface area (Å²) in [5, 5.41) is 4.05. The van der Waals surface area contributed by atoms with E-state index in [0.29, 0.717) is 24.2 Å². The van der Waals surface area contributed by atoms with E-state index >= 15 is 0 Å². The summed E-state index contributed by atoms with van der Waals surface area (Å²) >= 11 is 0. The highest BCUT2D eigenvalue weighted by molar-refractivity contribution is 6.25. The maximum absolute atomic E-state index is 13.8. The van der Waals surface area contributed by atoms with Crippen LogP contribution in [0.1, 0.15) is 41.4 Å². The average Bonchev–Trinajstić information content (AvgIpc) is 3.46. The number of nitrogens with one attached hydrogen (secondary N) is 2. The van der Waals surface area contributed by atoms with E-state index in [1.54, 1.807) is 36.1 Å². The molecule has 7 heteroatoms. The fourth-order valence-electron chi connectivity index (χ4n) is 4.96. The molecule has 156 valence electrons. The van der Waals surface area contributed by atoms with Crippen LogP contribution >= 0.6 is 0 Å². The summed E-state index contributed by atoms with van der Waals surface area (Å²) in [5.41, 5.74) is 2.35. The van der Waals surface area contributed by atoms with Crippen LogP contribution in [-0.4, -0.2) is 40.3 Å². The van der Waals surface area contributed by atoms with Crippen molar-refractivity contribution in [3.8, 4) is 0 Å². The molecule has 7 nitrogen and oxygen atoms in total. The molecular formula is C24H22N4O3. The number of amides is 4. The smallest absolute Gasteiger partial charge is 0.332 e. The number of hydrogen-bond donors (Lipinski definition) is 2. The van der Waals surface area contributed by atoms with Crippen molar-refractivity contribution in [3.05, 3.63) is 65.4 Å². The molecule has 3 heterocycles. The molecule has 3 aliphatic rings. The van der Waals surface area contributed by atoms with Crippen LogP contribution in [0.3, 0.4) is 0 Å². The molecule has 2 N–H and O–H groups in total. The number of carbonyl (C=O) groups excluding carboxylic acids is 3. The molecule has 1 aliphatic carbocycles. The standard InChI is InChI=1S/C24H22N4O3/c1-24-20-16(15-6-2-4-8-18(15)26-20)12-13-27(24)23(31)28(22(24)30)19-9-5-3-7-17(19)21(29)25-14-10-11-14/h2-9,14,26H,10-13H2,1H3,(H,25,29)/t24-/m0/s1. The largest absolute Gasteiger partial charge is 0.356 e. The predicted octanol–water partition coefficient (Wildman–Crippen LogP) is 3.30. The molecule has 2 aliphatic heterocycles. The Labute approximate surface area is 179 Å². The highest BCUT2D eigenvalue weighted by atomic mass is 16.2. The molecule has 0 spiro atoms. The molecule has 2 fully saturated rings. The van der Waals surface area contributed by atoms with Crippen molar-refractivity contribution in [2.45, 2.75) is 37.8 Å². The summed E-state index contributed by atoms with van der Waals surface area (Å²) in [7, 11) is 0. The Balaban J connectivity index is 1.47. The number of aromatic nitrogens is 1. The van der Waals surface area contributed by atoms with Gasteiger partial charge in [0.2, 0.25) is 0 Å². The van der Waals surface area contributed by atoms with Crippen LogP contribution in [0.4, 0.5) is 10.5 Å². The van der Waals surface area contributed by atoms with Crippen molar-refractivity contribution in [3.63, 3.8) is 0 Å². The number of rotatable bonds is 3. The second kappa shape index (κ2) is 6.20. The van der Waals surface area contributed by atoms with Crippen molar-refractivity contribution >= 4 is 34.4 Å². The van der Waals surface area contributed by atoms with Crippen molar-refractivity contribution in [2.75, 3.05) is 11.4 Å². The number of anilines is 1. The first kappa shape index (κ1) is 18.2. The number of H-pyrrole nitrogens is 1. The maximum atomic E-state index is 13.8. The Morgan fingerprint density at radius 3 is 2.65 bits per heavy atom. The first-order chi connectivity index (χ1) is 15.0. The summed E-state index contributed by atoms with van der Waals surface area (Å²) in [4.78, 5) is 46.3. The lowest BCUT2D eigenvalue weighted by molar-refractivity contribution is -0.125. The lowest BCUT2D eigenvalue weighted by atomic mass is 9.87. The van der Waals surface area contributed by atoms with Gasteiger partial charge < -0.3 is 15.2 Å². The molecule has 31 heavy (non-hydrogen) atoms. The van der Waals surface area contributed by atoms with Gasteiger partial charge >= 0.3 is 6.03 Å². The summed E-state index contributed by atoms with van der Waals surface area (Å²) in [6.07, 6.45) is 2.60. The van der Waals surface area contributed by atoms with E-state index < -0.39 is 5.54 Å². The summed E-state index contributed by atoms with van der Waals surface area (Å²) in [6.45, 7) is 2.25. The third-order valence-corrected chi connectivity index (χ3v) is 6.77. The predicted molar refractivity (Wildman–Crippen MR) is 116 cm³/mol. The maximum Gasteiger partial charge on any atom is 0.332 e. The number of benzene rings is 2. The molecule has 1 saturated heterocycles. The molecule has 2 aromatic carbocycles. The minimum Gasteiger partial charge on any atom is -0.356 e. The summed E-state index contributed by atoms with van der Waals surface area (Å²) < 4.78 is 0. The quantitative estimate of drug-likeness (QED) is 0.645. The second-order valence-electron chi connectivity index (χ2n) is 8.69. The number of imide groups is 1. The van der Waals surface area contributed by atoms with Gasteiger partial charge in [0, 0.05) is 23.5 Å². The molecule has 0 bridgehead atoms. The van der Waals surface area contributed by atoms with Crippen LogP contribution in [-0.2, 0) is 16.8 Å². The minimum atomic E-state index is -1.14. The van der Waals surface area contributed by atoms with Gasteiger partial charge in [-0.05, 0) is 49.9 Å². The highest BCUT2D eigenvalue weighted by Gasteiger charge is 2.59.